The molecule has 0 radical (unpaired) electrons. The molecule has 88 valence electrons. The molecule has 0 aliphatic carbocycles. The SMILES string of the molecule is C[C@H](Nc1ccc(Cl)c(Cl)c1)c1ccncc1. The van der Waals surface area contributed by atoms with Crippen molar-refractivity contribution >= 4 is 28.9 Å². The summed E-state index contributed by atoms with van der Waals surface area (Å²) in [5.41, 5.74) is 2.12. The maximum absolute atomic E-state index is 5.96. The van der Waals surface area contributed by atoms with Gasteiger partial charge >= 0.3 is 0 Å². The van der Waals surface area contributed by atoms with Gasteiger partial charge in [-0.1, -0.05) is 23.2 Å². The normalized spacial score (nSPS) is 12.2. The van der Waals surface area contributed by atoms with Gasteiger partial charge in [0.1, 0.15) is 0 Å². The van der Waals surface area contributed by atoms with E-state index in [1.165, 1.54) is 5.56 Å². The standard InChI is InChI=1S/C13H12Cl2N2/c1-9(10-4-6-16-7-5-10)17-11-2-3-12(14)13(15)8-11/h2-9,17H,1H3/t9-/m0/s1. The van der Waals surface area contributed by atoms with E-state index < -0.39 is 0 Å². The van der Waals surface area contributed by atoms with Crippen LogP contribution in [0.5, 0.6) is 0 Å². The van der Waals surface area contributed by atoms with Crippen LogP contribution in [0.3, 0.4) is 0 Å². The summed E-state index contributed by atoms with van der Waals surface area (Å²) >= 11 is 11.8. The van der Waals surface area contributed by atoms with Gasteiger partial charge in [-0.15, -0.1) is 0 Å². The summed E-state index contributed by atoms with van der Waals surface area (Å²) in [6, 6.07) is 9.67. The van der Waals surface area contributed by atoms with Crippen LogP contribution >= 0.6 is 23.2 Å². The quantitative estimate of drug-likeness (QED) is 0.881. The molecular weight excluding hydrogens is 255 g/mol. The van der Waals surface area contributed by atoms with Crippen molar-refractivity contribution in [3.8, 4) is 0 Å². The zero-order valence-electron chi connectivity index (χ0n) is 9.32. The molecule has 1 N–H and O–H groups in total. The van der Waals surface area contributed by atoms with Gasteiger partial charge in [-0.3, -0.25) is 4.98 Å². The number of aromatic nitrogens is 1. The summed E-state index contributed by atoms with van der Waals surface area (Å²) in [6.07, 6.45) is 3.56. The van der Waals surface area contributed by atoms with E-state index >= 15 is 0 Å². The van der Waals surface area contributed by atoms with Gasteiger partial charge in [0.15, 0.2) is 0 Å². The molecule has 1 atom stereocenters. The molecule has 0 aliphatic rings. The molecule has 0 saturated heterocycles. The fraction of sp³-hybridized carbons (Fsp3) is 0.154. The van der Waals surface area contributed by atoms with Gasteiger partial charge in [-0.2, -0.15) is 0 Å². The van der Waals surface area contributed by atoms with Crippen molar-refractivity contribution in [2.45, 2.75) is 13.0 Å². The molecule has 0 saturated carbocycles. The van der Waals surface area contributed by atoms with Crippen LogP contribution in [0.25, 0.3) is 0 Å². The predicted octanol–water partition coefficient (Wildman–Crippen LogP) is 4.56. The van der Waals surface area contributed by atoms with Crippen LogP contribution in [0.15, 0.2) is 42.7 Å². The monoisotopic (exact) mass is 266 g/mol. The van der Waals surface area contributed by atoms with Crippen molar-refractivity contribution in [2.24, 2.45) is 0 Å². The lowest BCUT2D eigenvalue weighted by atomic mass is 10.1. The highest BCUT2D eigenvalue weighted by Crippen LogP contribution is 2.27. The maximum atomic E-state index is 5.96. The second-order valence-corrected chi connectivity index (χ2v) is 4.59. The summed E-state index contributed by atoms with van der Waals surface area (Å²) in [6.45, 7) is 2.08. The second kappa shape index (κ2) is 5.39. The smallest absolute Gasteiger partial charge is 0.0612 e. The van der Waals surface area contributed by atoms with Gasteiger partial charge in [0.25, 0.3) is 0 Å². The molecule has 2 rings (SSSR count). The minimum atomic E-state index is 0.190. The van der Waals surface area contributed by atoms with Crippen LogP contribution in [-0.2, 0) is 0 Å². The first-order valence-corrected chi connectivity index (χ1v) is 6.04. The zero-order chi connectivity index (χ0) is 12.3. The fourth-order valence-electron chi connectivity index (χ4n) is 1.57. The first-order valence-electron chi connectivity index (χ1n) is 5.28. The Morgan fingerprint density at radius 3 is 2.41 bits per heavy atom. The van der Waals surface area contributed by atoms with Gasteiger partial charge in [-0.05, 0) is 42.8 Å². The van der Waals surface area contributed by atoms with E-state index in [0.29, 0.717) is 10.0 Å². The molecule has 2 aromatic rings. The summed E-state index contributed by atoms with van der Waals surface area (Å²) in [7, 11) is 0. The first-order chi connectivity index (χ1) is 8.16. The van der Waals surface area contributed by atoms with E-state index in [2.05, 4.69) is 17.2 Å². The van der Waals surface area contributed by atoms with Crippen molar-refractivity contribution < 1.29 is 0 Å². The number of hydrogen-bond donors (Lipinski definition) is 1. The van der Waals surface area contributed by atoms with Crippen LogP contribution < -0.4 is 5.32 Å². The van der Waals surface area contributed by atoms with Crippen LogP contribution in [-0.4, -0.2) is 4.98 Å². The Hall–Kier alpha value is -1.25. The van der Waals surface area contributed by atoms with E-state index in [4.69, 9.17) is 23.2 Å². The molecule has 1 aromatic carbocycles. The molecule has 2 nitrogen and oxygen atoms in total. The molecule has 0 fully saturated rings. The maximum Gasteiger partial charge on any atom is 0.0612 e. The van der Waals surface area contributed by atoms with Crippen molar-refractivity contribution in [3.05, 3.63) is 58.3 Å². The summed E-state index contributed by atoms with van der Waals surface area (Å²) in [5.74, 6) is 0. The zero-order valence-corrected chi connectivity index (χ0v) is 10.8. The molecule has 4 heteroatoms. The third kappa shape index (κ3) is 3.11. The van der Waals surface area contributed by atoms with Crippen LogP contribution in [0.1, 0.15) is 18.5 Å². The van der Waals surface area contributed by atoms with E-state index in [1.54, 1.807) is 18.5 Å². The highest BCUT2D eigenvalue weighted by Gasteiger charge is 2.05. The molecule has 0 bridgehead atoms. The molecule has 1 aromatic heterocycles. The number of nitrogens with one attached hydrogen (secondary N) is 1. The van der Waals surface area contributed by atoms with Crippen molar-refractivity contribution in [1.29, 1.82) is 0 Å². The summed E-state index contributed by atoms with van der Waals surface area (Å²) in [5, 5.41) is 4.47. The molecule has 0 amide bonds. The van der Waals surface area contributed by atoms with E-state index in [-0.39, 0.29) is 6.04 Å². The van der Waals surface area contributed by atoms with Gasteiger partial charge in [-0.25, -0.2) is 0 Å². The highest BCUT2D eigenvalue weighted by atomic mass is 35.5. The number of nitrogens with zero attached hydrogens (tertiary/aromatic N) is 1. The van der Waals surface area contributed by atoms with Gasteiger partial charge in [0, 0.05) is 24.1 Å². The van der Waals surface area contributed by atoms with Crippen LogP contribution in [0.2, 0.25) is 10.0 Å². The van der Waals surface area contributed by atoms with E-state index in [0.717, 1.165) is 5.69 Å². The van der Waals surface area contributed by atoms with Gasteiger partial charge in [0.2, 0.25) is 0 Å². The molecule has 17 heavy (non-hydrogen) atoms. The average Bonchev–Trinajstić information content (AvgIpc) is 2.35. The molecule has 1 heterocycles. The Labute approximate surface area is 111 Å². The third-order valence-corrected chi connectivity index (χ3v) is 3.25. The summed E-state index contributed by atoms with van der Waals surface area (Å²) < 4.78 is 0. The minimum absolute atomic E-state index is 0.190. The van der Waals surface area contributed by atoms with Crippen molar-refractivity contribution in [2.75, 3.05) is 5.32 Å². The number of anilines is 1. The Bertz CT molecular complexity index is 500. The average molecular weight is 267 g/mol. The topological polar surface area (TPSA) is 24.9 Å². The lowest BCUT2D eigenvalue weighted by Gasteiger charge is -2.15. The summed E-state index contributed by atoms with van der Waals surface area (Å²) in [4.78, 5) is 3.99. The first kappa shape index (κ1) is 12.2. The number of pyridine rings is 1. The molecule has 0 unspecified atom stereocenters. The lowest BCUT2D eigenvalue weighted by molar-refractivity contribution is 0.881. The van der Waals surface area contributed by atoms with Crippen molar-refractivity contribution in [1.82, 2.24) is 4.98 Å². The Morgan fingerprint density at radius 2 is 1.76 bits per heavy atom. The van der Waals surface area contributed by atoms with Crippen molar-refractivity contribution in [3.63, 3.8) is 0 Å². The largest absolute Gasteiger partial charge is 0.378 e. The molecular formula is C13H12Cl2N2. The second-order valence-electron chi connectivity index (χ2n) is 3.78. The van der Waals surface area contributed by atoms with E-state index in [1.807, 2.05) is 24.3 Å². The number of hydrogen-bond acceptors (Lipinski definition) is 2. The third-order valence-electron chi connectivity index (χ3n) is 2.51. The number of rotatable bonds is 3. The van der Waals surface area contributed by atoms with E-state index in [9.17, 15) is 0 Å². The number of halogens is 2. The molecule has 0 aliphatic heterocycles. The highest BCUT2D eigenvalue weighted by molar-refractivity contribution is 6.42. The lowest BCUT2D eigenvalue weighted by Crippen LogP contribution is -2.06. The van der Waals surface area contributed by atoms with Gasteiger partial charge in [0.05, 0.1) is 10.0 Å². The van der Waals surface area contributed by atoms with Crippen LogP contribution in [0, 0.1) is 0 Å². The predicted molar refractivity (Wildman–Crippen MR) is 72.7 cm³/mol. The fourth-order valence-corrected chi connectivity index (χ4v) is 1.87. The van der Waals surface area contributed by atoms with Crippen LogP contribution in [0.4, 0.5) is 5.69 Å². The number of benzene rings is 1. The Kier molecular flexibility index (Phi) is 3.87. The minimum Gasteiger partial charge on any atom is -0.378 e. The Morgan fingerprint density at radius 1 is 1.06 bits per heavy atom. The molecule has 0 spiro atoms. The Balaban J connectivity index is 2.13. The van der Waals surface area contributed by atoms with Gasteiger partial charge < -0.3 is 5.32 Å².